The van der Waals surface area contributed by atoms with Gasteiger partial charge in [0.15, 0.2) is 0 Å². The smallest absolute Gasteiger partial charge is 0.227 e. The molecule has 5 heteroatoms. The van der Waals surface area contributed by atoms with Crippen molar-refractivity contribution >= 4 is 34.2 Å². The molecule has 1 amide bonds. The van der Waals surface area contributed by atoms with Gasteiger partial charge in [-0.1, -0.05) is 40.5 Å². The van der Waals surface area contributed by atoms with Crippen LogP contribution in [0, 0.1) is 5.92 Å². The Morgan fingerprint density at radius 3 is 2.68 bits per heavy atom. The van der Waals surface area contributed by atoms with E-state index in [1.807, 2.05) is 31.3 Å². The molecule has 0 heterocycles. The van der Waals surface area contributed by atoms with E-state index in [2.05, 4.69) is 15.9 Å². The Morgan fingerprint density at radius 1 is 1.42 bits per heavy atom. The summed E-state index contributed by atoms with van der Waals surface area (Å²) >= 11 is 3.51. The molecule has 0 bridgehead atoms. The Kier molecular flexibility index (Phi) is 6.30. The number of nitrogens with zero attached hydrogens (tertiary/aromatic N) is 1. The van der Waals surface area contributed by atoms with E-state index in [-0.39, 0.29) is 30.3 Å². The lowest BCUT2D eigenvalue weighted by Gasteiger charge is -2.23. The quantitative estimate of drug-likeness (QED) is 0.914. The minimum Gasteiger partial charge on any atom is -0.341 e. The summed E-state index contributed by atoms with van der Waals surface area (Å²) in [6.07, 6.45) is 2.97. The highest BCUT2D eigenvalue weighted by Crippen LogP contribution is 2.26. The zero-order valence-electron chi connectivity index (χ0n) is 11.0. The largest absolute Gasteiger partial charge is 0.341 e. The van der Waals surface area contributed by atoms with Crippen molar-refractivity contribution in [2.45, 2.75) is 31.8 Å². The maximum Gasteiger partial charge on any atom is 0.227 e. The molecule has 3 nitrogen and oxygen atoms in total. The Hall–Kier alpha value is -0.580. The van der Waals surface area contributed by atoms with Crippen LogP contribution in [0.25, 0.3) is 0 Å². The van der Waals surface area contributed by atoms with Gasteiger partial charge in [0.1, 0.15) is 0 Å². The first kappa shape index (κ1) is 16.5. The first-order valence-corrected chi connectivity index (χ1v) is 7.13. The third-order valence-corrected chi connectivity index (χ3v) is 4.40. The second kappa shape index (κ2) is 7.27. The van der Waals surface area contributed by atoms with E-state index >= 15 is 0 Å². The Labute approximate surface area is 129 Å². The van der Waals surface area contributed by atoms with Crippen molar-refractivity contribution < 1.29 is 4.79 Å². The molecule has 1 fully saturated rings. The van der Waals surface area contributed by atoms with Gasteiger partial charge < -0.3 is 10.6 Å². The normalized spacial score (nSPS) is 21.8. The van der Waals surface area contributed by atoms with Crippen LogP contribution in [-0.2, 0) is 11.3 Å². The van der Waals surface area contributed by atoms with Crippen LogP contribution < -0.4 is 5.73 Å². The zero-order valence-corrected chi connectivity index (χ0v) is 13.4. The van der Waals surface area contributed by atoms with E-state index in [0.29, 0.717) is 6.54 Å². The molecular weight excluding hydrogens is 328 g/mol. The second-order valence-electron chi connectivity index (χ2n) is 4.99. The molecule has 106 valence electrons. The number of amides is 1. The first-order chi connectivity index (χ1) is 8.59. The van der Waals surface area contributed by atoms with E-state index < -0.39 is 0 Å². The standard InChI is InChI=1S/C14H19BrN2O.ClH/c1-17(9-10-5-2-3-7-12(10)15)14(18)11-6-4-8-13(11)16;/h2-3,5,7,11,13H,4,6,8-9,16H2,1H3;1H. The van der Waals surface area contributed by atoms with Crippen molar-refractivity contribution in [3.05, 3.63) is 34.3 Å². The average Bonchev–Trinajstić information content (AvgIpc) is 2.77. The summed E-state index contributed by atoms with van der Waals surface area (Å²) in [4.78, 5) is 14.1. The van der Waals surface area contributed by atoms with Crippen molar-refractivity contribution in [1.82, 2.24) is 4.90 Å². The number of benzene rings is 1. The van der Waals surface area contributed by atoms with Gasteiger partial charge in [0.2, 0.25) is 5.91 Å². The van der Waals surface area contributed by atoms with E-state index in [0.717, 1.165) is 29.3 Å². The highest BCUT2D eigenvalue weighted by Gasteiger charge is 2.32. The third kappa shape index (κ3) is 3.94. The maximum absolute atomic E-state index is 12.3. The lowest BCUT2D eigenvalue weighted by Crippen LogP contribution is -2.39. The fourth-order valence-electron chi connectivity index (χ4n) is 2.54. The van der Waals surface area contributed by atoms with Crippen LogP contribution in [0.2, 0.25) is 0 Å². The molecule has 1 saturated carbocycles. The van der Waals surface area contributed by atoms with E-state index in [9.17, 15) is 4.79 Å². The number of hydrogen-bond donors (Lipinski definition) is 1. The monoisotopic (exact) mass is 346 g/mol. The van der Waals surface area contributed by atoms with Crippen molar-refractivity contribution in [1.29, 1.82) is 0 Å². The molecule has 0 aromatic heterocycles. The summed E-state index contributed by atoms with van der Waals surface area (Å²) in [6.45, 7) is 0.628. The van der Waals surface area contributed by atoms with Crippen LogP contribution in [0.15, 0.2) is 28.7 Å². The first-order valence-electron chi connectivity index (χ1n) is 6.33. The Balaban J connectivity index is 0.00000180. The summed E-state index contributed by atoms with van der Waals surface area (Å²) in [5.74, 6) is 0.188. The number of nitrogens with two attached hydrogens (primary N) is 1. The molecule has 0 radical (unpaired) electrons. The molecule has 0 saturated heterocycles. The molecule has 0 spiro atoms. The molecule has 1 aliphatic carbocycles. The topological polar surface area (TPSA) is 46.3 Å². The SMILES string of the molecule is CN(Cc1ccccc1Br)C(=O)C1CCCC1N.Cl. The van der Waals surface area contributed by atoms with Crippen molar-refractivity contribution in [2.75, 3.05) is 7.05 Å². The highest BCUT2D eigenvalue weighted by atomic mass is 79.9. The van der Waals surface area contributed by atoms with Crippen LogP contribution >= 0.6 is 28.3 Å². The van der Waals surface area contributed by atoms with Gasteiger partial charge in [0.05, 0.1) is 5.92 Å². The fourth-order valence-corrected chi connectivity index (χ4v) is 2.95. The Morgan fingerprint density at radius 2 is 2.11 bits per heavy atom. The molecule has 0 aliphatic heterocycles. The van der Waals surface area contributed by atoms with Gasteiger partial charge in [0.25, 0.3) is 0 Å². The number of carbonyl (C=O) groups is 1. The number of hydrogen-bond acceptors (Lipinski definition) is 2. The van der Waals surface area contributed by atoms with Crippen LogP contribution in [0.5, 0.6) is 0 Å². The Bertz CT molecular complexity index is 441. The number of rotatable bonds is 3. The van der Waals surface area contributed by atoms with Crippen molar-refractivity contribution in [3.63, 3.8) is 0 Å². The van der Waals surface area contributed by atoms with E-state index in [4.69, 9.17) is 5.73 Å². The molecule has 2 rings (SSSR count). The minimum atomic E-state index is 0. The number of carbonyl (C=O) groups excluding carboxylic acids is 1. The summed E-state index contributed by atoms with van der Waals surface area (Å²) in [5.41, 5.74) is 7.11. The van der Waals surface area contributed by atoms with Gasteiger partial charge in [-0.25, -0.2) is 0 Å². The maximum atomic E-state index is 12.3. The van der Waals surface area contributed by atoms with Crippen LogP contribution in [-0.4, -0.2) is 23.9 Å². The van der Waals surface area contributed by atoms with E-state index in [1.165, 1.54) is 0 Å². The third-order valence-electron chi connectivity index (χ3n) is 3.63. The van der Waals surface area contributed by atoms with Gasteiger partial charge in [-0.05, 0) is 24.5 Å². The predicted octanol–water partition coefficient (Wildman–Crippen LogP) is 2.96. The molecule has 2 N–H and O–H groups in total. The zero-order chi connectivity index (χ0) is 13.1. The molecule has 2 unspecified atom stereocenters. The average molecular weight is 348 g/mol. The van der Waals surface area contributed by atoms with Crippen LogP contribution in [0.4, 0.5) is 0 Å². The highest BCUT2D eigenvalue weighted by molar-refractivity contribution is 9.10. The van der Waals surface area contributed by atoms with Gasteiger partial charge in [-0.3, -0.25) is 4.79 Å². The van der Waals surface area contributed by atoms with Gasteiger partial charge >= 0.3 is 0 Å². The predicted molar refractivity (Wildman–Crippen MR) is 83.2 cm³/mol. The summed E-state index contributed by atoms with van der Waals surface area (Å²) in [6, 6.07) is 8.03. The van der Waals surface area contributed by atoms with Crippen molar-refractivity contribution in [3.8, 4) is 0 Å². The van der Waals surface area contributed by atoms with Gasteiger partial charge in [-0.15, -0.1) is 12.4 Å². The molecular formula is C14H20BrClN2O. The molecule has 19 heavy (non-hydrogen) atoms. The molecule has 2 atom stereocenters. The summed E-state index contributed by atoms with van der Waals surface area (Å²) < 4.78 is 1.04. The van der Waals surface area contributed by atoms with Crippen LogP contribution in [0.1, 0.15) is 24.8 Å². The summed E-state index contributed by atoms with van der Waals surface area (Å²) in [5, 5.41) is 0. The molecule has 1 aromatic rings. The lowest BCUT2D eigenvalue weighted by molar-refractivity contribution is -0.134. The molecule has 1 aliphatic rings. The van der Waals surface area contributed by atoms with Gasteiger partial charge in [-0.2, -0.15) is 0 Å². The minimum absolute atomic E-state index is 0. The van der Waals surface area contributed by atoms with Crippen molar-refractivity contribution in [2.24, 2.45) is 11.7 Å². The van der Waals surface area contributed by atoms with E-state index in [1.54, 1.807) is 4.90 Å². The molecule has 1 aromatic carbocycles. The lowest BCUT2D eigenvalue weighted by atomic mass is 10.0. The second-order valence-corrected chi connectivity index (χ2v) is 5.84. The number of halogens is 2. The van der Waals surface area contributed by atoms with Crippen LogP contribution in [0.3, 0.4) is 0 Å². The fraction of sp³-hybridized carbons (Fsp3) is 0.500. The van der Waals surface area contributed by atoms with Gasteiger partial charge in [0, 0.05) is 24.1 Å². The summed E-state index contributed by atoms with van der Waals surface area (Å²) in [7, 11) is 1.85.